The Morgan fingerprint density at radius 3 is 2.67 bits per heavy atom. The molecule has 1 unspecified atom stereocenters. The summed E-state index contributed by atoms with van der Waals surface area (Å²) in [6, 6.07) is 0.516. The molecular weight excluding hydrogens is 270 g/mol. The maximum absolute atomic E-state index is 3.60. The number of hydrogen-bond acceptors (Lipinski definition) is 2. The zero-order valence-corrected chi connectivity index (χ0v) is 12.0. The molecule has 1 atom stereocenters. The van der Waals surface area contributed by atoms with E-state index in [9.17, 15) is 0 Å². The van der Waals surface area contributed by atoms with Crippen LogP contribution in [0.1, 0.15) is 50.6 Å². The van der Waals surface area contributed by atoms with Crippen LogP contribution in [0.15, 0.2) is 15.2 Å². The number of nitrogens with one attached hydrogen (secondary N) is 1. The lowest BCUT2D eigenvalue weighted by molar-refractivity contribution is 0.505. The third kappa shape index (κ3) is 4.25. The van der Waals surface area contributed by atoms with Crippen LogP contribution in [0.5, 0.6) is 0 Å². The fraction of sp³-hybridized carbons (Fsp3) is 0.667. The lowest BCUT2D eigenvalue weighted by Gasteiger charge is -2.15. The largest absolute Gasteiger partial charge is 0.313 e. The monoisotopic (exact) mass is 289 g/mol. The minimum atomic E-state index is 0.516. The van der Waals surface area contributed by atoms with E-state index in [1.54, 1.807) is 11.3 Å². The van der Waals surface area contributed by atoms with Gasteiger partial charge in [0, 0.05) is 15.9 Å². The maximum Gasteiger partial charge on any atom is 0.0337 e. The summed E-state index contributed by atoms with van der Waals surface area (Å²) in [6.07, 6.45) is 6.59. The quantitative estimate of drug-likeness (QED) is 0.715. The van der Waals surface area contributed by atoms with Crippen molar-refractivity contribution in [2.75, 3.05) is 7.05 Å². The summed E-state index contributed by atoms with van der Waals surface area (Å²) in [5.41, 5.74) is 1.42. The van der Waals surface area contributed by atoms with Gasteiger partial charge in [-0.15, -0.1) is 0 Å². The second kappa shape index (κ2) is 7.42. The van der Waals surface area contributed by atoms with Gasteiger partial charge in [-0.05, 0) is 40.3 Å². The van der Waals surface area contributed by atoms with E-state index in [2.05, 4.69) is 46.0 Å². The van der Waals surface area contributed by atoms with Gasteiger partial charge in [0.25, 0.3) is 0 Å². The van der Waals surface area contributed by atoms with E-state index in [1.165, 1.54) is 42.1 Å². The predicted molar refractivity (Wildman–Crippen MR) is 72.6 cm³/mol. The van der Waals surface area contributed by atoms with Crippen molar-refractivity contribution in [2.45, 2.75) is 45.1 Å². The first kappa shape index (κ1) is 13.2. The standard InChI is InChI=1S/C12H20BrNS/c1-3-4-5-6-7-12(14-2)10-8-15-9-11(10)13/h8-9,12,14H,3-7H2,1-2H3. The number of thiophene rings is 1. The number of unbranched alkanes of at least 4 members (excludes halogenated alkanes) is 3. The van der Waals surface area contributed by atoms with Gasteiger partial charge in [-0.25, -0.2) is 0 Å². The molecule has 0 amide bonds. The Labute approximate surface area is 105 Å². The molecule has 1 heterocycles. The molecule has 1 nitrogen and oxygen atoms in total. The van der Waals surface area contributed by atoms with Gasteiger partial charge in [0.05, 0.1) is 0 Å². The van der Waals surface area contributed by atoms with Crippen molar-refractivity contribution in [1.82, 2.24) is 5.32 Å². The minimum absolute atomic E-state index is 0.516. The highest BCUT2D eigenvalue weighted by Crippen LogP contribution is 2.30. The summed E-state index contributed by atoms with van der Waals surface area (Å²) in [6.45, 7) is 2.25. The average Bonchev–Trinajstić information content (AvgIpc) is 2.65. The van der Waals surface area contributed by atoms with Gasteiger partial charge >= 0.3 is 0 Å². The molecule has 0 aliphatic rings. The highest BCUT2D eigenvalue weighted by atomic mass is 79.9. The van der Waals surface area contributed by atoms with Crippen LogP contribution in [0.4, 0.5) is 0 Å². The van der Waals surface area contributed by atoms with E-state index in [1.807, 2.05) is 0 Å². The Kier molecular flexibility index (Phi) is 6.53. The third-order valence-electron chi connectivity index (χ3n) is 2.71. The van der Waals surface area contributed by atoms with Crippen LogP contribution in [-0.4, -0.2) is 7.05 Å². The first-order chi connectivity index (χ1) is 7.29. The highest BCUT2D eigenvalue weighted by molar-refractivity contribution is 9.10. The summed E-state index contributed by atoms with van der Waals surface area (Å²) < 4.78 is 1.25. The Morgan fingerprint density at radius 1 is 1.33 bits per heavy atom. The molecule has 15 heavy (non-hydrogen) atoms. The highest BCUT2D eigenvalue weighted by Gasteiger charge is 2.12. The van der Waals surface area contributed by atoms with Crippen molar-refractivity contribution in [3.05, 3.63) is 20.8 Å². The summed E-state index contributed by atoms with van der Waals surface area (Å²) >= 11 is 5.37. The van der Waals surface area contributed by atoms with Crippen molar-refractivity contribution in [3.63, 3.8) is 0 Å². The minimum Gasteiger partial charge on any atom is -0.313 e. The zero-order valence-electron chi connectivity index (χ0n) is 9.55. The van der Waals surface area contributed by atoms with Crippen molar-refractivity contribution in [2.24, 2.45) is 0 Å². The second-order valence-electron chi connectivity index (χ2n) is 3.87. The van der Waals surface area contributed by atoms with E-state index in [4.69, 9.17) is 0 Å². The Hall–Kier alpha value is 0.140. The number of rotatable bonds is 7. The van der Waals surface area contributed by atoms with Crippen LogP contribution < -0.4 is 5.32 Å². The average molecular weight is 290 g/mol. The van der Waals surface area contributed by atoms with Crippen LogP contribution in [0.3, 0.4) is 0 Å². The Balaban J connectivity index is 2.39. The van der Waals surface area contributed by atoms with E-state index < -0.39 is 0 Å². The smallest absolute Gasteiger partial charge is 0.0337 e. The van der Waals surface area contributed by atoms with Crippen molar-refractivity contribution >= 4 is 27.3 Å². The fourth-order valence-electron chi connectivity index (χ4n) is 1.77. The topological polar surface area (TPSA) is 12.0 Å². The van der Waals surface area contributed by atoms with E-state index >= 15 is 0 Å². The van der Waals surface area contributed by atoms with E-state index in [0.717, 1.165) is 0 Å². The van der Waals surface area contributed by atoms with Crippen molar-refractivity contribution < 1.29 is 0 Å². The molecule has 0 saturated heterocycles. The van der Waals surface area contributed by atoms with Crippen LogP contribution in [-0.2, 0) is 0 Å². The van der Waals surface area contributed by atoms with Gasteiger partial charge in [0.15, 0.2) is 0 Å². The molecule has 0 radical (unpaired) electrons. The first-order valence-corrected chi connectivity index (χ1v) is 7.42. The second-order valence-corrected chi connectivity index (χ2v) is 5.46. The summed E-state index contributed by atoms with van der Waals surface area (Å²) in [5, 5.41) is 7.80. The number of halogens is 1. The molecule has 0 spiro atoms. The molecule has 1 aromatic heterocycles. The van der Waals surface area contributed by atoms with Crippen LogP contribution in [0.25, 0.3) is 0 Å². The SMILES string of the molecule is CCCCCCC(NC)c1cscc1Br. The zero-order chi connectivity index (χ0) is 11.1. The molecule has 1 N–H and O–H groups in total. The summed E-state index contributed by atoms with van der Waals surface area (Å²) in [4.78, 5) is 0. The van der Waals surface area contributed by atoms with Crippen molar-refractivity contribution in [3.8, 4) is 0 Å². The normalized spacial score (nSPS) is 13.0. The molecule has 1 aromatic rings. The van der Waals surface area contributed by atoms with Crippen LogP contribution in [0.2, 0.25) is 0 Å². The van der Waals surface area contributed by atoms with Crippen molar-refractivity contribution in [1.29, 1.82) is 0 Å². The lowest BCUT2D eigenvalue weighted by Crippen LogP contribution is -2.15. The van der Waals surface area contributed by atoms with Gasteiger partial charge in [-0.3, -0.25) is 0 Å². The molecule has 0 aromatic carbocycles. The maximum atomic E-state index is 3.60. The summed E-state index contributed by atoms with van der Waals surface area (Å²) in [7, 11) is 2.05. The van der Waals surface area contributed by atoms with Crippen LogP contribution >= 0.6 is 27.3 Å². The number of hydrogen-bond donors (Lipinski definition) is 1. The molecule has 1 rings (SSSR count). The van der Waals surface area contributed by atoms with Crippen LogP contribution in [0, 0.1) is 0 Å². The van der Waals surface area contributed by atoms with Gasteiger partial charge in [-0.2, -0.15) is 11.3 Å². The predicted octanol–water partition coefficient (Wildman–Crippen LogP) is 4.74. The molecule has 0 fully saturated rings. The third-order valence-corrected chi connectivity index (χ3v) is 4.46. The Morgan fingerprint density at radius 2 is 2.13 bits per heavy atom. The molecule has 0 bridgehead atoms. The van der Waals surface area contributed by atoms with Gasteiger partial charge in [-0.1, -0.05) is 32.6 Å². The van der Waals surface area contributed by atoms with E-state index in [0.29, 0.717) is 6.04 Å². The van der Waals surface area contributed by atoms with Gasteiger partial charge in [0.1, 0.15) is 0 Å². The summed E-state index contributed by atoms with van der Waals surface area (Å²) in [5.74, 6) is 0. The molecule has 0 aliphatic carbocycles. The first-order valence-electron chi connectivity index (χ1n) is 5.68. The molecule has 3 heteroatoms. The lowest BCUT2D eigenvalue weighted by atomic mass is 10.0. The molecule has 0 saturated carbocycles. The molecule has 86 valence electrons. The molecular formula is C12H20BrNS. The fourth-order valence-corrected chi connectivity index (χ4v) is 3.40. The van der Waals surface area contributed by atoms with E-state index in [-0.39, 0.29) is 0 Å². The Bertz CT molecular complexity index is 272. The van der Waals surface area contributed by atoms with Gasteiger partial charge in [0.2, 0.25) is 0 Å². The molecule has 0 aliphatic heterocycles. The van der Waals surface area contributed by atoms with Gasteiger partial charge < -0.3 is 5.32 Å².